The second kappa shape index (κ2) is 8.27. The van der Waals surface area contributed by atoms with E-state index in [1.54, 1.807) is 24.3 Å². The Balaban J connectivity index is 1.95. The molecule has 0 atom stereocenters. The fraction of sp³-hybridized carbons (Fsp3) is 0.150. The van der Waals surface area contributed by atoms with Gasteiger partial charge in [0, 0.05) is 11.8 Å². The van der Waals surface area contributed by atoms with Gasteiger partial charge in [0.05, 0.1) is 29.6 Å². The summed E-state index contributed by atoms with van der Waals surface area (Å²) in [4.78, 5) is 27.5. The predicted molar refractivity (Wildman–Crippen MR) is 103 cm³/mol. The number of aromatic nitrogens is 3. The number of nitrogens with two attached hydrogens (primary N) is 1. The van der Waals surface area contributed by atoms with Gasteiger partial charge in [-0.05, 0) is 36.8 Å². The maximum absolute atomic E-state index is 13.6. The van der Waals surface area contributed by atoms with Gasteiger partial charge in [0.1, 0.15) is 5.69 Å². The Kier molecular flexibility index (Phi) is 5.74. The number of nitrogens with zero attached hydrogens (tertiary/aromatic N) is 4. The van der Waals surface area contributed by atoms with E-state index in [-0.39, 0.29) is 23.5 Å². The van der Waals surface area contributed by atoms with Crippen molar-refractivity contribution >= 4 is 17.5 Å². The summed E-state index contributed by atoms with van der Waals surface area (Å²) in [5.41, 5.74) is 4.20. The Bertz CT molecular complexity index is 1190. The fourth-order valence-electron chi connectivity index (χ4n) is 2.80. The Morgan fingerprint density at radius 1 is 1.23 bits per heavy atom. The van der Waals surface area contributed by atoms with Crippen LogP contribution < -0.4 is 11.1 Å². The Morgan fingerprint density at radius 2 is 1.90 bits per heavy atom. The van der Waals surface area contributed by atoms with Crippen LogP contribution in [0.25, 0.3) is 0 Å². The second-order valence-electron chi connectivity index (χ2n) is 6.52. The molecule has 0 aliphatic carbocycles. The smallest absolute Gasteiger partial charge is 0.364 e. The van der Waals surface area contributed by atoms with Crippen molar-refractivity contribution in [2.75, 3.05) is 5.32 Å². The first-order valence-electron chi connectivity index (χ1n) is 8.81. The van der Waals surface area contributed by atoms with Crippen molar-refractivity contribution in [1.82, 2.24) is 14.8 Å². The molecule has 0 bridgehead atoms. The third-order valence-electron chi connectivity index (χ3n) is 4.40. The van der Waals surface area contributed by atoms with Gasteiger partial charge in [0.25, 0.3) is 11.8 Å². The summed E-state index contributed by atoms with van der Waals surface area (Å²) < 4.78 is 41.8. The fourth-order valence-corrected chi connectivity index (χ4v) is 2.80. The molecule has 0 aliphatic rings. The van der Waals surface area contributed by atoms with Gasteiger partial charge >= 0.3 is 6.18 Å². The molecule has 3 N–H and O–H groups in total. The lowest BCUT2D eigenvalue weighted by molar-refractivity contribution is -0.140. The zero-order chi connectivity index (χ0) is 22.8. The number of pyridine rings is 1. The average Bonchev–Trinajstić information content (AvgIpc) is 3.04. The van der Waals surface area contributed by atoms with Crippen LogP contribution in [0, 0.1) is 18.3 Å². The summed E-state index contributed by atoms with van der Waals surface area (Å²) in [6.45, 7) is 1.39. The van der Waals surface area contributed by atoms with Crippen molar-refractivity contribution in [3.63, 3.8) is 0 Å². The zero-order valence-electron chi connectivity index (χ0n) is 16.1. The van der Waals surface area contributed by atoms with Crippen LogP contribution in [0.5, 0.6) is 0 Å². The number of halogens is 3. The first kappa shape index (κ1) is 21.5. The Hall–Kier alpha value is -4.20. The van der Waals surface area contributed by atoms with Crippen LogP contribution >= 0.6 is 0 Å². The number of anilines is 1. The third kappa shape index (κ3) is 4.69. The van der Waals surface area contributed by atoms with Gasteiger partial charge in [-0.25, -0.2) is 0 Å². The molecular weight excluding hydrogens is 413 g/mol. The van der Waals surface area contributed by atoms with Gasteiger partial charge in [-0.2, -0.15) is 23.5 Å². The molecule has 31 heavy (non-hydrogen) atoms. The minimum absolute atomic E-state index is 0.00241. The lowest BCUT2D eigenvalue weighted by atomic mass is 10.1. The lowest BCUT2D eigenvalue weighted by Crippen LogP contribution is -2.18. The second-order valence-corrected chi connectivity index (χ2v) is 6.52. The molecule has 0 radical (unpaired) electrons. The first-order valence-corrected chi connectivity index (χ1v) is 8.81. The number of nitriles is 1. The number of hydrogen-bond acceptors (Lipinski definition) is 5. The number of alkyl halides is 3. The number of nitrogens with one attached hydrogen (secondary N) is 1. The maximum Gasteiger partial charge on any atom is 0.437 e. The SMILES string of the molecule is Cc1c(NC(=O)c2ccnc(C(N)=O)c2)c(C(F)(F)F)nn1Cc1ccc(C#N)cc1. The van der Waals surface area contributed by atoms with Crippen molar-refractivity contribution in [1.29, 1.82) is 5.26 Å². The molecule has 0 saturated heterocycles. The van der Waals surface area contributed by atoms with E-state index < -0.39 is 29.4 Å². The van der Waals surface area contributed by atoms with E-state index in [0.717, 1.165) is 16.9 Å². The summed E-state index contributed by atoms with van der Waals surface area (Å²) >= 11 is 0. The monoisotopic (exact) mass is 428 g/mol. The Morgan fingerprint density at radius 3 is 2.48 bits per heavy atom. The van der Waals surface area contributed by atoms with Crippen molar-refractivity contribution in [3.8, 4) is 6.07 Å². The number of carbonyl (C=O) groups is 2. The third-order valence-corrected chi connectivity index (χ3v) is 4.40. The molecule has 1 aromatic carbocycles. The molecule has 2 amide bonds. The summed E-state index contributed by atoms with van der Waals surface area (Å²) in [7, 11) is 0. The first-order chi connectivity index (χ1) is 14.6. The van der Waals surface area contributed by atoms with Gasteiger partial charge in [-0.3, -0.25) is 19.3 Å². The predicted octanol–water partition coefficient (Wildman–Crippen LogP) is 2.88. The van der Waals surface area contributed by atoms with E-state index in [4.69, 9.17) is 11.0 Å². The molecule has 3 rings (SSSR count). The highest BCUT2D eigenvalue weighted by Gasteiger charge is 2.39. The minimum Gasteiger partial charge on any atom is -0.364 e. The lowest BCUT2D eigenvalue weighted by Gasteiger charge is -2.09. The molecule has 0 aliphatic heterocycles. The van der Waals surface area contributed by atoms with Crippen LogP contribution in [0.1, 0.15) is 43.4 Å². The van der Waals surface area contributed by atoms with Crippen LogP contribution in [-0.4, -0.2) is 26.6 Å². The molecule has 3 aromatic rings. The molecule has 2 heterocycles. The van der Waals surface area contributed by atoms with E-state index in [1.807, 2.05) is 6.07 Å². The van der Waals surface area contributed by atoms with E-state index in [0.29, 0.717) is 11.1 Å². The molecule has 2 aromatic heterocycles. The van der Waals surface area contributed by atoms with E-state index in [9.17, 15) is 22.8 Å². The summed E-state index contributed by atoms with van der Waals surface area (Å²) in [5, 5.41) is 14.7. The molecular formula is C20H15F3N6O2. The molecule has 0 fully saturated rings. The van der Waals surface area contributed by atoms with Crippen molar-refractivity contribution in [2.24, 2.45) is 5.73 Å². The quantitative estimate of drug-likeness (QED) is 0.646. The number of benzene rings is 1. The van der Waals surface area contributed by atoms with Gasteiger partial charge in [0.2, 0.25) is 0 Å². The largest absolute Gasteiger partial charge is 0.437 e. The zero-order valence-corrected chi connectivity index (χ0v) is 16.1. The Labute approximate surface area is 174 Å². The normalized spacial score (nSPS) is 11.1. The highest BCUT2D eigenvalue weighted by Crippen LogP contribution is 2.36. The van der Waals surface area contributed by atoms with Crippen LogP contribution in [0.15, 0.2) is 42.6 Å². The van der Waals surface area contributed by atoms with E-state index >= 15 is 0 Å². The van der Waals surface area contributed by atoms with Crippen LogP contribution in [-0.2, 0) is 12.7 Å². The van der Waals surface area contributed by atoms with Gasteiger partial charge in [-0.15, -0.1) is 0 Å². The van der Waals surface area contributed by atoms with Crippen LogP contribution in [0.2, 0.25) is 0 Å². The number of carbonyl (C=O) groups excluding carboxylic acids is 2. The van der Waals surface area contributed by atoms with Gasteiger partial charge < -0.3 is 11.1 Å². The molecule has 0 saturated carbocycles. The van der Waals surface area contributed by atoms with Crippen molar-refractivity contribution in [3.05, 3.63) is 76.4 Å². The minimum atomic E-state index is -4.82. The number of amides is 2. The highest BCUT2D eigenvalue weighted by molar-refractivity contribution is 6.06. The van der Waals surface area contributed by atoms with Crippen molar-refractivity contribution < 1.29 is 22.8 Å². The van der Waals surface area contributed by atoms with Gasteiger partial charge in [-0.1, -0.05) is 12.1 Å². The molecule has 11 heteroatoms. The molecule has 0 unspecified atom stereocenters. The van der Waals surface area contributed by atoms with E-state index in [1.165, 1.54) is 13.0 Å². The number of rotatable bonds is 5. The summed E-state index contributed by atoms with van der Waals surface area (Å²) in [5.74, 6) is -1.76. The molecule has 158 valence electrons. The molecule has 0 spiro atoms. The van der Waals surface area contributed by atoms with Gasteiger partial charge in [0.15, 0.2) is 5.69 Å². The highest BCUT2D eigenvalue weighted by atomic mass is 19.4. The standard InChI is InChI=1S/C20H15F3N6O2/c1-11-16(27-19(31)14-6-7-26-15(8-14)18(25)30)17(20(21,22)23)28-29(11)10-13-4-2-12(9-24)3-5-13/h2-8H,10H2,1H3,(H2,25,30)(H,27,31). The molecule has 8 nitrogen and oxygen atoms in total. The van der Waals surface area contributed by atoms with Crippen LogP contribution in [0.4, 0.5) is 18.9 Å². The maximum atomic E-state index is 13.6. The average molecular weight is 428 g/mol. The summed E-state index contributed by atoms with van der Waals surface area (Å²) in [6, 6.07) is 10.6. The van der Waals surface area contributed by atoms with Crippen LogP contribution in [0.3, 0.4) is 0 Å². The summed E-state index contributed by atoms with van der Waals surface area (Å²) in [6.07, 6.45) is -3.67. The topological polar surface area (TPSA) is 127 Å². The number of primary amides is 1. The van der Waals surface area contributed by atoms with E-state index in [2.05, 4.69) is 15.4 Å². The van der Waals surface area contributed by atoms with Crippen molar-refractivity contribution in [2.45, 2.75) is 19.6 Å². The number of hydrogen-bond donors (Lipinski definition) is 2.